The number of halogens is 2. The summed E-state index contributed by atoms with van der Waals surface area (Å²) in [5, 5.41) is 3.89. The van der Waals surface area contributed by atoms with Crippen molar-refractivity contribution in [1.82, 2.24) is 29.8 Å². The Morgan fingerprint density at radius 3 is 2.67 bits per heavy atom. The minimum Gasteiger partial charge on any atom is -0.355 e. The Labute approximate surface area is 207 Å². The number of pyridine rings is 3. The first-order valence-electron chi connectivity index (χ1n) is 12.1. The van der Waals surface area contributed by atoms with Crippen LogP contribution in [0.25, 0.3) is 22.3 Å². The van der Waals surface area contributed by atoms with Crippen LogP contribution in [0.15, 0.2) is 43.0 Å². The van der Waals surface area contributed by atoms with Crippen molar-refractivity contribution in [3.8, 4) is 11.4 Å². The molecule has 6 rings (SSSR count). The van der Waals surface area contributed by atoms with Crippen molar-refractivity contribution in [3.05, 3.63) is 60.2 Å². The van der Waals surface area contributed by atoms with E-state index < -0.39 is 11.6 Å². The maximum Gasteiger partial charge on any atom is 0.168 e. The van der Waals surface area contributed by atoms with Crippen molar-refractivity contribution in [2.45, 2.75) is 31.2 Å². The Bertz CT molecular complexity index is 1440. The molecule has 4 aromatic heterocycles. The molecule has 1 saturated heterocycles. The molecule has 1 aliphatic carbocycles. The molecule has 1 aliphatic heterocycles. The molecule has 0 unspecified atom stereocenters. The van der Waals surface area contributed by atoms with Crippen molar-refractivity contribution in [2.75, 3.05) is 37.4 Å². The Hall–Kier alpha value is -3.79. The molecule has 1 saturated carbocycles. The summed E-state index contributed by atoms with van der Waals surface area (Å²) in [7, 11) is 4.25. The highest BCUT2D eigenvalue weighted by molar-refractivity contribution is 5.94. The lowest BCUT2D eigenvalue weighted by atomic mass is 10.1. The van der Waals surface area contributed by atoms with Gasteiger partial charge in [-0.25, -0.2) is 28.7 Å². The summed E-state index contributed by atoms with van der Waals surface area (Å²) in [6.07, 6.45) is 9.69. The van der Waals surface area contributed by atoms with Crippen LogP contribution >= 0.6 is 0 Å². The van der Waals surface area contributed by atoms with Gasteiger partial charge < -0.3 is 15.1 Å². The molecule has 1 atom stereocenters. The first-order valence-corrected chi connectivity index (χ1v) is 12.1. The third-order valence-corrected chi connectivity index (χ3v) is 6.95. The van der Waals surface area contributed by atoms with Gasteiger partial charge >= 0.3 is 0 Å². The molecule has 1 N–H and O–H groups in total. The number of hydrogen-bond acceptors (Lipinski definition) is 8. The van der Waals surface area contributed by atoms with E-state index in [4.69, 9.17) is 9.97 Å². The van der Waals surface area contributed by atoms with Crippen molar-refractivity contribution < 1.29 is 8.78 Å². The molecule has 0 amide bonds. The number of nitrogens with zero attached hydrogens (tertiary/aromatic N) is 7. The van der Waals surface area contributed by atoms with Gasteiger partial charge in [0.15, 0.2) is 17.5 Å². The van der Waals surface area contributed by atoms with E-state index >= 15 is 0 Å². The van der Waals surface area contributed by atoms with Gasteiger partial charge in [-0.15, -0.1) is 0 Å². The van der Waals surface area contributed by atoms with Gasteiger partial charge in [-0.3, -0.25) is 4.98 Å². The zero-order valence-corrected chi connectivity index (χ0v) is 20.1. The number of hydrogen-bond donors (Lipinski definition) is 1. The largest absolute Gasteiger partial charge is 0.355 e. The van der Waals surface area contributed by atoms with Crippen molar-refractivity contribution in [1.29, 1.82) is 0 Å². The van der Waals surface area contributed by atoms with Crippen LogP contribution in [-0.4, -0.2) is 63.0 Å². The molecule has 0 spiro atoms. The minimum absolute atomic E-state index is 0.107. The quantitative estimate of drug-likeness (QED) is 0.424. The van der Waals surface area contributed by atoms with Gasteiger partial charge in [-0.1, -0.05) is 0 Å². The summed E-state index contributed by atoms with van der Waals surface area (Å²) in [5.74, 6) is 0.641. The maximum absolute atomic E-state index is 14.1. The predicted octanol–water partition coefficient (Wildman–Crippen LogP) is 4.52. The summed E-state index contributed by atoms with van der Waals surface area (Å²) in [6, 6.07) is 4.67. The van der Waals surface area contributed by atoms with Crippen molar-refractivity contribution in [3.63, 3.8) is 0 Å². The Kier molecular flexibility index (Phi) is 5.67. The third-order valence-electron chi connectivity index (χ3n) is 6.95. The molecule has 10 heteroatoms. The fraction of sp³-hybridized carbons (Fsp3) is 0.346. The Morgan fingerprint density at radius 2 is 1.92 bits per heavy atom. The topological polar surface area (TPSA) is 83.0 Å². The van der Waals surface area contributed by atoms with E-state index in [0.29, 0.717) is 29.2 Å². The smallest absolute Gasteiger partial charge is 0.168 e. The second kappa shape index (κ2) is 9.02. The second-order valence-corrected chi connectivity index (χ2v) is 9.62. The number of nitrogens with one attached hydrogen (secondary N) is 1. The van der Waals surface area contributed by atoms with Crippen LogP contribution in [0.3, 0.4) is 0 Å². The molecule has 5 heterocycles. The monoisotopic (exact) mass is 488 g/mol. The molecule has 8 nitrogen and oxygen atoms in total. The van der Waals surface area contributed by atoms with Crippen LogP contribution in [0, 0.1) is 11.6 Å². The summed E-state index contributed by atoms with van der Waals surface area (Å²) < 4.78 is 27.4. The number of fused-ring (bicyclic) bond motifs is 1. The summed E-state index contributed by atoms with van der Waals surface area (Å²) in [5.41, 5.74) is 2.73. The molecular formula is C26H26F2N8. The molecular weight excluding hydrogens is 462 g/mol. The first kappa shape index (κ1) is 22.7. The summed E-state index contributed by atoms with van der Waals surface area (Å²) in [6.45, 7) is 2.02. The van der Waals surface area contributed by atoms with Gasteiger partial charge in [0.1, 0.15) is 17.5 Å². The highest BCUT2D eigenvalue weighted by atomic mass is 19.1. The molecule has 184 valence electrons. The molecule has 0 aromatic carbocycles. The van der Waals surface area contributed by atoms with E-state index in [2.05, 4.69) is 44.2 Å². The highest BCUT2D eigenvalue weighted by Gasteiger charge is 2.31. The number of anilines is 3. The molecule has 2 fully saturated rings. The lowest BCUT2D eigenvalue weighted by molar-refractivity contribution is 0.409. The van der Waals surface area contributed by atoms with Crippen LogP contribution in [0.4, 0.5) is 26.2 Å². The maximum atomic E-state index is 14.1. The van der Waals surface area contributed by atoms with Gasteiger partial charge in [-0.2, -0.15) is 0 Å². The predicted molar refractivity (Wildman–Crippen MR) is 134 cm³/mol. The molecule has 4 aromatic rings. The van der Waals surface area contributed by atoms with Gasteiger partial charge in [-0.05, 0) is 56.5 Å². The van der Waals surface area contributed by atoms with Crippen molar-refractivity contribution in [2.24, 2.45) is 0 Å². The zero-order chi connectivity index (χ0) is 24.8. The van der Waals surface area contributed by atoms with Crippen LogP contribution < -0.4 is 10.2 Å². The van der Waals surface area contributed by atoms with E-state index in [-0.39, 0.29) is 5.82 Å². The number of likely N-dealkylation sites (N-methyl/N-ethyl adjacent to an activating group) is 2. The number of rotatable bonds is 6. The van der Waals surface area contributed by atoms with Crippen LogP contribution in [0.1, 0.15) is 30.7 Å². The van der Waals surface area contributed by atoms with E-state index in [9.17, 15) is 8.78 Å². The average molecular weight is 489 g/mol. The fourth-order valence-corrected chi connectivity index (χ4v) is 4.84. The van der Waals surface area contributed by atoms with Crippen LogP contribution in [0.5, 0.6) is 0 Å². The van der Waals surface area contributed by atoms with Crippen LogP contribution in [0.2, 0.25) is 0 Å². The Balaban J connectivity index is 1.43. The molecule has 0 radical (unpaired) electrons. The standard InChI is InChI=1S/C26H26F2N8/c1-35-8-6-18(14-35)36(2)26-23-19(15-3-4-15)12-29-13-21(23)32-24(34-26)16-5-7-30-22(9-16)33-25-20(28)10-17(27)11-31-25/h5,7,9-13,15,18H,3-4,6,8,14H2,1-2H3,(H,30,31,33)/t18-/m0/s1. The fourth-order valence-electron chi connectivity index (χ4n) is 4.84. The summed E-state index contributed by atoms with van der Waals surface area (Å²) >= 11 is 0. The molecule has 0 bridgehead atoms. The van der Waals surface area contributed by atoms with E-state index in [1.807, 2.05) is 12.3 Å². The lowest BCUT2D eigenvalue weighted by Gasteiger charge is -2.27. The highest BCUT2D eigenvalue weighted by Crippen LogP contribution is 2.45. The van der Waals surface area contributed by atoms with E-state index in [1.165, 1.54) is 5.56 Å². The minimum atomic E-state index is -0.798. The Morgan fingerprint density at radius 1 is 1.06 bits per heavy atom. The zero-order valence-electron chi connectivity index (χ0n) is 20.1. The molecule has 2 aliphatic rings. The van der Waals surface area contributed by atoms with Gasteiger partial charge in [0.2, 0.25) is 0 Å². The van der Waals surface area contributed by atoms with Gasteiger partial charge in [0.05, 0.1) is 17.9 Å². The van der Waals surface area contributed by atoms with E-state index in [0.717, 1.165) is 61.3 Å². The van der Waals surface area contributed by atoms with E-state index in [1.54, 1.807) is 18.5 Å². The normalized spacial score (nSPS) is 18.1. The average Bonchev–Trinajstić information content (AvgIpc) is 3.64. The first-order chi connectivity index (χ1) is 17.5. The second-order valence-electron chi connectivity index (χ2n) is 9.62. The lowest BCUT2D eigenvalue weighted by Crippen LogP contribution is -2.34. The van der Waals surface area contributed by atoms with Gasteiger partial charge in [0.25, 0.3) is 0 Å². The van der Waals surface area contributed by atoms with Gasteiger partial charge in [0, 0.05) is 49.0 Å². The number of aromatic nitrogens is 5. The SMILES string of the molecule is CN1CC[C@H](N(C)c2nc(-c3ccnc(Nc4ncc(F)cc4F)c3)nc3cncc(C4CC4)c23)C1. The van der Waals surface area contributed by atoms with Crippen LogP contribution in [-0.2, 0) is 0 Å². The number of likely N-dealkylation sites (tertiary alicyclic amines) is 1. The summed E-state index contributed by atoms with van der Waals surface area (Å²) in [4.78, 5) is 27.1. The van der Waals surface area contributed by atoms with Crippen molar-refractivity contribution >= 4 is 28.4 Å². The third kappa shape index (κ3) is 4.32. The molecule has 36 heavy (non-hydrogen) atoms.